The van der Waals surface area contributed by atoms with E-state index >= 15 is 0 Å². The number of nitrogens with zero attached hydrogens (tertiary/aromatic N) is 1. The molecule has 130 valence electrons. The van der Waals surface area contributed by atoms with Crippen molar-refractivity contribution in [2.45, 2.75) is 12.5 Å². The standard InChI is InChI=1S/C15H20Cl2N2O3.ClH/c1-21-7-5-18-9-15(20)19-6-4-12(10-19)22-11-2-3-13(16)14(17)8-11;/h2-3,8,12,18H,4-7,9-10H2,1H3;1H. The van der Waals surface area contributed by atoms with Gasteiger partial charge < -0.3 is 19.7 Å². The molecule has 1 N–H and O–H groups in total. The normalized spacial score (nSPS) is 17.0. The zero-order valence-electron chi connectivity index (χ0n) is 12.9. The molecule has 0 bridgehead atoms. The Hall–Kier alpha value is -0.720. The molecule has 1 saturated heterocycles. The summed E-state index contributed by atoms with van der Waals surface area (Å²) in [4.78, 5) is 13.8. The van der Waals surface area contributed by atoms with Crippen LogP contribution in [0.3, 0.4) is 0 Å². The van der Waals surface area contributed by atoms with Gasteiger partial charge in [0.05, 0.1) is 29.7 Å². The van der Waals surface area contributed by atoms with Crippen molar-refractivity contribution in [3.8, 4) is 5.75 Å². The van der Waals surface area contributed by atoms with Gasteiger partial charge in [0.1, 0.15) is 11.9 Å². The fraction of sp³-hybridized carbons (Fsp3) is 0.533. The number of benzene rings is 1. The van der Waals surface area contributed by atoms with Gasteiger partial charge in [-0.2, -0.15) is 0 Å². The van der Waals surface area contributed by atoms with Crippen LogP contribution in [0.15, 0.2) is 18.2 Å². The molecule has 1 fully saturated rings. The number of rotatable bonds is 7. The molecule has 8 heteroatoms. The maximum Gasteiger partial charge on any atom is 0.236 e. The molecule has 0 saturated carbocycles. The number of hydrogen-bond acceptors (Lipinski definition) is 4. The van der Waals surface area contributed by atoms with Crippen molar-refractivity contribution < 1.29 is 14.3 Å². The molecule has 1 aromatic carbocycles. The summed E-state index contributed by atoms with van der Waals surface area (Å²) >= 11 is 11.8. The Labute approximate surface area is 152 Å². The van der Waals surface area contributed by atoms with E-state index in [1.807, 2.05) is 4.90 Å². The molecule has 1 unspecified atom stereocenters. The first-order valence-corrected chi connectivity index (χ1v) is 7.95. The molecule has 1 amide bonds. The summed E-state index contributed by atoms with van der Waals surface area (Å²) in [5, 5.41) is 4.02. The third kappa shape index (κ3) is 6.36. The molecule has 0 aromatic heterocycles. The summed E-state index contributed by atoms with van der Waals surface area (Å²) in [6, 6.07) is 5.18. The van der Waals surface area contributed by atoms with E-state index < -0.39 is 0 Å². The Balaban J connectivity index is 0.00000264. The van der Waals surface area contributed by atoms with Crippen LogP contribution >= 0.6 is 35.6 Å². The van der Waals surface area contributed by atoms with Crippen LogP contribution in [0.2, 0.25) is 10.0 Å². The van der Waals surface area contributed by atoms with Gasteiger partial charge in [0.25, 0.3) is 0 Å². The largest absolute Gasteiger partial charge is 0.488 e. The van der Waals surface area contributed by atoms with Crippen molar-refractivity contribution in [1.29, 1.82) is 0 Å². The van der Waals surface area contributed by atoms with Gasteiger partial charge in [-0.05, 0) is 12.1 Å². The van der Waals surface area contributed by atoms with Crippen LogP contribution in [0.1, 0.15) is 6.42 Å². The smallest absolute Gasteiger partial charge is 0.236 e. The molecule has 1 aliphatic rings. The van der Waals surface area contributed by atoms with Crippen molar-refractivity contribution in [2.75, 3.05) is 39.9 Å². The molecule has 23 heavy (non-hydrogen) atoms. The van der Waals surface area contributed by atoms with Crippen LogP contribution in [-0.4, -0.2) is 56.8 Å². The summed E-state index contributed by atoms with van der Waals surface area (Å²) in [6.45, 7) is 2.88. The zero-order valence-corrected chi connectivity index (χ0v) is 15.2. The quantitative estimate of drug-likeness (QED) is 0.735. The van der Waals surface area contributed by atoms with Crippen molar-refractivity contribution in [3.05, 3.63) is 28.2 Å². The van der Waals surface area contributed by atoms with Gasteiger partial charge in [0, 0.05) is 32.7 Å². The van der Waals surface area contributed by atoms with Gasteiger partial charge in [-0.15, -0.1) is 12.4 Å². The molecule has 1 aromatic rings. The van der Waals surface area contributed by atoms with Crippen LogP contribution in [-0.2, 0) is 9.53 Å². The number of carbonyl (C=O) groups is 1. The van der Waals surface area contributed by atoms with Gasteiger partial charge in [-0.25, -0.2) is 0 Å². The molecule has 1 heterocycles. The Morgan fingerprint density at radius 3 is 2.87 bits per heavy atom. The summed E-state index contributed by atoms with van der Waals surface area (Å²) in [7, 11) is 1.63. The first-order chi connectivity index (χ1) is 10.6. The number of methoxy groups -OCH3 is 1. The molecule has 1 atom stereocenters. The van der Waals surface area contributed by atoms with E-state index in [1.54, 1.807) is 25.3 Å². The maximum absolute atomic E-state index is 12.0. The van der Waals surface area contributed by atoms with Crippen LogP contribution in [0.5, 0.6) is 5.75 Å². The second kappa shape index (κ2) is 10.2. The van der Waals surface area contributed by atoms with E-state index in [4.69, 9.17) is 32.7 Å². The molecule has 2 rings (SSSR count). The Morgan fingerprint density at radius 2 is 2.17 bits per heavy atom. The highest BCUT2D eigenvalue weighted by atomic mass is 35.5. The second-order valence-electron chi connectivity index (χ2n) is 5.11. The first kappa shape index (κ1) is 20.3. The average Bonchev–Trinajstić information content (AvgIpc) is 2.96. The fourth-order valence-electron chi connectivity index (χ4n) is 2.27. The van der Waals surface area contributed by atoms with E-state index in [2.05, 4.69) is 5.32 Å². The van der Waals surface area contributed by atoms with E-state index in [9.17, 15) is 4.79 Å². The minimum atomic E-state index is -0.0137. The first-order valence-electron chi connectivity index (χ1n) is 7.19. The molecular formula is C15H21Cl3N2O3. The number of hydrogen-bond donors (Lipinski definition) is 1. The maximum atomic E-state index is 12.0. The third-order valence-electron chi connectivity index (χ3n) is 3.45. The Kier molecular flexibility index (Phi) is 9.02. The summed E-state index contributed by atoms with van der Waals surface area (Å²) in [6.07, 6.45) is 0.796. The van der Waals surface area contributed by atoms with Crippen molar-refractivity contribution in [1.82, 2.24) is 10.2 Å². The molecule has 0 spiro atoms. The topological polar surface area (TPSA) is 50.8 Å². The highest BCUT2D eigenvalue weighted by Crippen LogP contribution is 2.28. The zero-order chi connectivity index (χ0) is 15.9. The lowest BCUT2D eigenvalue weighted by Gasteiger charge is -2.17. The monoisotopic (exact) mass is 382 g/mol. The molecule has 1 aliphatic heterocycles. The van der Waals surface area contributed by atoms with Gasteiger partial charge in [-0.3, -0.25) is 4.79 Å². The molecule has 0 radical (unpaired) electrons. The molecule has 0 aliphatic carbocycles. The Bertz CT molecular complexity index is 517. The van der Waals surface area contributed by atoms with Crippen molar-refractivity contribution in [2.24, 2.45) is 0 Å². The minimum absolute atomic E-state index is 0. The number of halogens is 3. The second-order valence-corrected chi connectivity index (χ2v) is 5.93. The SMILES string of the molecule is COCCNCC(=O)N1CCC(Oc2ccc(Cl)c(Cl)c2)C1.Cl. The van der Waals surface area contributed by atoms with Gasteiger partial charge in [-0.1, -0.05) is 23.2 Å². The number of carbonyl (C=O) groups excluding carboxylic acids is 1. The third-order valence-corrected chi connectivity index (χ3v) is 4.19. The van der Waals surface area contributed by atoms with Gasteiger partial charge in [0.15, 0.2) is 0 Å². The number of nitrogens with one attached hydrogen (secondary N) is 1. The average molecular weight is 384 g/mol. The predicted octanol–water partition coefficient (Wildman–Crippen LogP) is 2.63. The lowest BCUT2D eigenvalue weighted by atomic mass is 10.3. The Morgan fingerprint density at radius 1 is 1.39 bits per heavy atom. The van der Waals surface area contributed by atoms with Crippen molar-refractivity contribution >= 4 is 41.5 Å². The summed E-state index contributed by atoms with van der Waals surface area (Å²) < 4.78 is 10.8. The summed E-state index contributed by atoms with van der Waals surface area (Å²) in [5.74, 6) is 0.753. The van der Waals surface area contributed by atoms with E-state index in [1.165, 1.54) is 0 Å². The summed E-state index contributed by atoms with van der Waals surface area (Å²) in [5.41, 5.74) is 0. The molecular weight excluding hydrogens is 363 g/mol. The van der Waals surface area contributed by atoms with Crippen LogP contribution in [0.4, 0.5) is 0 Å². The van der Waals surface area contributed by atoms with Crippen molar-refractivity contribution in [3.63, 3.8) is 0 Å². The predicted molar refractivity (Wildman–Crippen MR) is 94.1 cm³/mol. The van der Waals surface area contributed by atoms with E-state index in [0.717, 1.165) is 6.42 Å². The highest BCUT2D eigenvalue weighted by molar-refractivity contribution is 6.42. The molecule has 5 nitrogen and oxygen atoms in total. The lowest BCUT2D eigenvalue weighted by Crippen LogP contribution is -2.38. The van der Waals surface area contributed by atoms with Gasteiger partial charge in [0.2, 0.25) is 5.91 Å². The highest BCUT2D eigenvalue weighted by Gasteiger charge is 2.27. The fourth-order valence-corrected chi connectivity index (χ4v) is 2.56. The van der Waals surface area contributed by atoms with E-state index in [0.29, 0.717) is 48.6 Å². The minimum Gasteiger partial charge on any atom is -0.488 e. The van der Waals surface area contributed by atoms with Crippen LogP contribution in [0.25, 0.3) is 0 Å². The van der Waals surface area contributed by atoms with Crippen LogP contribution < -0.4 is 10.1 Å². The van der Waals surface area contributed by atoms with E-state index in [-0.39, 0.29) is 24.4 Å². The number of amides is 1. The van der Waals surface area contributed by atoms with Gasteiger partial charge >= 0.3 is 0 Å². The lowest BCUT2D eigenvalue weighted by molar-refractivity contribution is -0.129. The number of likely N-dealkylation sites (tertiary alicyclic amines) is 1. The number of ether oxygens (including phenoxy) is 2. The van der Waals surface area contributed by atoms with Crippen LogP contribution in [0, 0.1) is 0 Å².